The number of anilines is 1. The number of esters is 1. The Balaban J connectivity index is 1.01. The predicted molar refractivity (Wildman–Crippen MR) is 272 cm³/mol. The number of aryl methyl sites for hydroxylation is 1. The van der Waals surface area contributed by atoms with Crippen molar-refractivity contribution in [2.75, 3.05) is 18.2 Å². The number of β-lactam (4-membered cyclic amide) rings is 1. The number of hydrogen-bond acceptors (Lipinski definition) is 14. The molecule has 2 amide bonds. The standard InChI is InChI=1S/C52H44N8O7S3/c1-58-44(56-59(2)48(64)47(58)63)39(68)29-34-30-69-49-41(46(62)60(49)42(34)50(65)67-43(32-19-9-4-10-20-32)33-21-11-5-12-22-33)54-45(61)40(57-66-3)38-31-70-51(53-38)55-52(35-23-13-6-14-24-35,36-25-15-7-16-26-36)37-27-17-8-18-28-37/h4-28,31,41,43,49H,29-30H2,1-3H3,(H,53,55)(H,54,61). The summed E-state index contributed by atoms with van der Waals surface area (Å²) in [5.41, 5.74) is 2.11. The van der Waals surface area contributed by atoms with Crippen LogP contribution in [0, 0.1) is 0 Å². The fourth-order valence-electron chi connectivity index (χ4n) is 8.59. The molecular formula is C52H44N8O7S3. The number of carbonyl (C=O) groups excluding carboxylic acids is 3. The van der Waals surface area contributed by atoms with Gasteiger partial charge in [0.05, 0.1) is 4.86 Å². The van der Waals surface area contributed by atoms with Crippen molar-refractivity contribution in [1.29, 1.82) is 0 Å². The minimum atomic E-state index is -1.10. The van der Waals surface area contributed by atoms with Gasteiger partial charge in [-0.1, -0.05) is 169 Å². The van der Waals surface area contributed by atoms with E-state index in [2.05, 4.69) is 20.9 Å². The Bertz CT molecular complexity index is 3140. The SMILES string of the molecule is CON=C(C(=O)NC1C(=O)N2C(C(=O)OC(c3ccccc3)c3ccccc3)=C(CC(=S)c3nn(C)c(=O)c(=O)n3C)CSC12)c1csc(NC(c2ccccc2)(c2ccccc2)c2ccccc2)n1. The van der Waals surface area contributed by atoms with Crippen molar-refractivity contribution < 1.29 is 24.0 Å². The number of thioether (sulfide) groups is 1. The van der Waals surface area contributed by atoms with Crippen molar-refractivity contribution in [3.63, 3.8) is 0 Å². The molecule has 9 rings (SSSR count). The zero-order valence-electron chi connectivity index (χ0n) is 37.9. The lowest BCUT2D eigenvalue weighted by Gasteiger charge is -2.49. The number of nitrogens with zero attached hydrogens (tertiary/aromatic N) is 6. The van der Waals surface area contributed by atoms with Crippen LogP contribution < -0.4 is 21.8 Å². The molecule has 0 radical (unpaired) electrons. The van der Waals surface area contributed by atoms with E-state index in [1.807, 2.05) is 152 Å². The Morgan fingerprint density at radius 1 is 0.800 bits per heavy atom. The van der Waals surface area contributed by atoms with Crippen LogP contribution in [0.4, 0.5) is 5.13 Å². The summed E-state index contributed by atoms with van der Waals surface area (Å²) in [6, 6.07) is 47.4. The van der Waals surface area contributed by atoms with Gasteiger partial charge in [-0.15, -0.1) is 23.1 Å². The van der Waals surface area contributed by atoms with Crippen molar-refractivity contribution in [2.45, 2.75) is 29.5 Å². The van der Waals surface area contributed by atoms with Gasteiger partial charge in [0.25, 0.3) is 11.8 Å². The van der Waals surface area contributed by atoms with E-state index in [1.165, 1.54) is 49.2 Å². The first-order valence-electron chi connectivity index (χ1n) is 22.0. The first kappa shape index (κ1) is 47.3. The smallest absolute Gasteiger partial charge is 0.356 e. The third-order valence-corrected chi connectivity index (χ3v) is 14.4. The van der Waals surface area contributed by atoms with Gasteiger partial charge in [0.15, 0.2) is 22.8 Å². The van der Waals surface area contributed by atoms with Crippen molar-refractivity contribution in [3.05, 3.63) is 228 Å². The highest BCUT2D eigenvalue weighted by Gasteiger charge is 2.55. The molecule has 70 heavy (non-hydrogen) atoms. The molecule has 7 aromatic rings. The van der Waals surface area contributed by atoms with E-state index >= 15 is 0 Å². The molecule has 2 aliphatic rings. The van der Waals surface area contributed by atoms with E-state index < -0.39 is 52.0 Å². The summed E-state index contributed by atoms with van der Waals surface area (Å²) in [6.07, 6.45) is -0.935. The van der Waals surface area contributed by atoms with Gasteiger partial charge in [-0.2, -0.15) is 5.10 Å². The molecule has 1 fully saturated rings. The molecule has 2 unspecified atom stereocenters. The Morgan fingerprint density at radius 3 is 1.86 bits per heavy atom. The minimum Gasteiger partial charge on any atom is -0.448 e. The molecule has 0 bridgehead atoms. The molecule has 4 heterocycles. The van der Waals surface area contributed by atoms with Crippen molar-refractivity contribution in [2.24, 2.45) is 19.3 Å². The van der Waals surface area contributed by atoms with Crippen LogP contribution in [0.5, 0.6) is 0 Å². The number of ether oxygens (including phenoxy) is 1. The van der Waals surface area contributed by atoms with Crippen LogP contribution in [0.3, 0.4) is 0 Å². The van der Waals surface area contributed by atoms with Gasteiger partial charge in [0.1, 0.15) is 35.5 Å². The zero-order valence-corrected chi connectivity index (χ0v) is 40.4. The largest absolute Gasteiger partial charge is 0.448 e. The first-order chi connectivity index (χ1) is 34.0. The second-order valence-electron chi connectivity index (χ2n) is 16.3. The topological polar surface area (TPSA) is 179 Å². The van der Waals surface area contributed by atoms with Crippen molar-refractivity contribution >= 4 is 68.8 Å². The fourth-order valence-corrected chi connectivity index (χ4v) is 11.0. The van der Waals surface area contributed by atoms with E-state index in [0.29, 0.717) is 21.8 Å². The van der Waals surface area contributed by atoms with Crippen LogP contribution in [0.15, 0.2) is 183 Å². The highest BCUT2D eigenvalue weighted by molar-refractivity contribution is 8.00. The van der Waals surface area contributed by atoms with Gasteiger partial charge in [-0.05, 0) is 33.4 Å². The second kappa shape index (κ2) is 20.4. The molecule has 2 aliphatic heterocycles. The molecule has 0 saturated carbocycles. The lowest BCUT2D eigenvalue weighted by Crippen LogP contribution is -2.71. The number of benzene rings is 5. The van der Waals surface area contributed by atoms with Gasteiger partial charge in [-0.3, -0.25) is 28.6 Å². The second-order valence-corrected chi connectivity index (χ2v) is 18.7. The molecule has 1 saturated heterocycles. The van der Waals surface area contributed by atoms with Gasteiger partial charge in [-0.25, -0.2) is 14.5 Å². The quantitative estimate of drug-likeness (QED) is 0.0158. The summed E-state index contributed by atoms with van der Waals surface area (Å²) in [5, 5.41) is 16.3. The lowest BCUT2D eigenvalue weighted by atomic mass is 9.77. The van der Waals surface area contributed by atoms with Crippen LogP contribution in [0.1, 0.15) is 51.9 Å². The molecule has 0 spiro atoms. The summed E-state index contributed by atoms with van der Waals surface area (Å²) in [4.78, 5) is 80.2. The normalized spacial score (nSPS) is 15.7. The number of amides is 2. The number of thiazole rings is 1. The molecule has 352 valence electrons. The lowest BCUT2D eigenvalue weighted by molar-refractivity contribution is -0.154. The highest BCUT2D eigenvalue weighted by Crippen LogP contribution is 2.44. The number of rotatable bonds is 16. The molecule has 2 aromatic heterocycles. The predicted octanol–water partition coefficient (Wildman–Crippen LogP) is 6.49. The number of carbonyl (C=O) groups is 3. The minimum absolute atomic E-state index is 0.0481. The van der Waals surface area contributed by atoms with Gasteiger partial charge in [0.2, 0.25) is 0 Å². The maximum absolute atomic E-state index is 14.7. The summed E-state index contributed by atoms with van der Waals surface area (Å²) in [6.45, 7) is 0. The van der Waals surface area contributed by atoms with Crippen LogP contribution in [-0.2, 0) is 43.6 Å². The van der Waals surface area contributed by atoms with Crippen LogP contribution in [-0.4, -0.2) is 76.9 Å². The van der Waals surface area contributed by atoms with Crippen molar-refractivity contribution in [3.8, 4) is 0 Å². The summed E-state index contributed by atoms with van der Waals surface area (Å²) < 4.78 is 8.30. The number of oxime groups is 1. The van der Waals surface area contributed by atoms with E-state index in [0.717, 1.165) is 25.9 Å². The van der Waals surface area contributed by atoms with E-state index in [9.17, 15) is 24.0 Å². The van der Waals surface area contributed by atoms with Gasteiger partial charge >= 0.3 is 17.1 Å². The number of thiocarbonyl (C=S) groups is 1. The summed E-state index contributed by atoms with van der Waals surface area (Å²) in [5.74, 6) is -1.88. The van der Waals surface area contributed by atoms with Crippen LogP contribution in [0.2, 0.25) is 0 Å². The van der Waals surface area contributed by atoms with E-state index in [4.69, 9.17) is 26.8 Å². The number of hydrogen-bond donors (Lipinski definition) is 2. The first-order valence-corrected chi connectivity index (χ1v) is 24.3. The molecule has 5 aromatic carbocycles. The molecule has 2 N–H and O–H groups in total. The molecule has 15 nitrogen and oxygen atoms in total. The Morgan fingerprint density at radius 2 is 1.33 bits per heavy atom. The van der Waals surface area contributed by atoms with Crippen LogP contribution >= 0.6 is 35.3 Å². The fraction of sp³-hybridized carbons (Fsp3) is 0.173. The third-order valence-electron chi connectivity index (χ3n) is 12.0. The average molecular weight is 989 g/mol. The zero-order chi connectivity index (χ0) is 48.9. The Kier molecular flexibility index (Phi) is 13.8. The highest BCUT2D eigenvalue weighted by atomic mass is 32.2. The van der Waals surface area contributed by atoms with Crippen LogP contribution in [0.25, 0.3) is 0 Å². The average Bonchev–Trinajstić information content (AvgIpc) is 3.87. The summed E-state index contributed by atoms with van der Waals surface area (Å²) >= 11 is 8.39. The summed E-state index contributed by atoms with van der Waals surface area (Å²) in [7, 11) is 4.05. The number of fused-ring (bicyclic) bond motifs is 1. The Labute approximate surface area is 415 Å². The van der Waals surface area contributed by atoms with Gasteiger partial charge in [0, 0.05) is 31.6 Å². The molecule has 18 heteroatoms. The Hall–Kier alpha value is -7.80. The van der Waals surface area contributed by atoms with E-state index in [1.54, 1.807) is 5.38 Å². The molecule has 2 atom stereocenters. The maximum Gasteiger partial charge on any atom is 0.356 e. The monoisotopic (exact) mass is 988 g/mol. The molecular weight excluding hydrogens is 945 g/mol. The number of aromatic nitrogens is 4. The molecule has 0 aliphatic carbocycles. The third kappa shape index (κ3) is 9.11. The van der Waals surface area contributed by atoms with Crippen molar-refractivity contribution in [1.82, 2.24) is 29.5 Å². The van der Waals surface area contributed by atoms with Gasteiger partial charge < -0.3 is 20.2 Å². The number of nitrogens with one attached hydrogen (secondary N) is 2. The van der Waals surface area contributed by atoms with E-state index in [-0.39, 0.29) is 40.0 Å². The maximum atomic E-state index is 14.7.